The van der Waals surface area contributed by atoms with Crippen LogP contribution in [0.1, 0.15) is 11.1 Å². The highest BCUT2D eigenvalue weighted by atomic mass is 35.5. The van der Waals surface area contributed by atoms with Crippen molar-refractivity contribution in [2.75, 3.05) is 0 Å². The quantitative estimate of drug-likeness (QED) is 0.376. The first-order valence-electron chi connectivity index (χ1n) is 6.25. The van der Waals surface area contributed by atoms with Crippen LogP contribution in [-0.2, 0) is 17.0 Å². The fourth-order valence-corrected chi connectivity index (χ4v) is 3.58. The molecule has 2 aromatic rings. The van der Waals surface area contributed by atoms with E-state index in [0.29, 0.717) is 15.8 Å². The fourth-order valence-electron chi connectivity index (χ4n) is 1.87. The van der Waals surface area contributed by atoms with Crippen molar-refractivity contribution in [3.63, 3.8) is 0 Å². The van der Waals surface area contributed by atoms with Gasteiger partial charge in [-0.2, -0.15) is 0 Å². The molecule has 0 saturated carbocycles. The summed E-state index contributed by atoms with van der Waals surface area (Å²) in [5, 5.41) is 1.26. The number of thioether (sulfide) groups is 1. The molecule has 0 fully saturated rings. The molecule has 110 valence electrons. The molecule has 0 heterocycles. The number of amides is 1. The minimum atomic E-state index is -0.219. The van der Waals surface area contributed by atoms with Gasteiger partial charge in [-0.25, -0.2) is 5.84 Å². The molecule has 0 aliphatic carbocycles. The molecule has 0 spiro atoms. The van der Waals surface area contributed by atoms with Crippen molar-refractivity contribution >= 4 is 40.9 Å². The van der Waals surface area contributed by atoms with Gasteiger partial charge in [0.15, 0.2) is 0 Å². The maximum Gasteiger partial charge on any atom is 0.238 e. The standard InChI is InChI=1S/C15H14Cl2N2OS/c16-12-6-3-7-13(17)15(12)21-9-11-5-2-1-4-10(11)8-14(20)19-18/h1-7H,8-9,18H2,(H,19,20). The van der Waals surface area contributed by atoms with Crippen molar-refractivity contribution < 1.29 is 4.79 Å². The molecule has 0 bridgehead atoms. The predicted molar refractivity (Wildman–Crippen MR) is 88.5 cm³/mol. The van der Waals surface area contributed by atoms with E-state index in [0.717, 1.165) is 16.0 Å². The average Bonchev–Trinajstić information content (AvgIpc) is 2.48. The van der Waals surface area contributed by atoms with Gasteiger partial charge in [-0.3, -0.25) is 10.2 Å². The second kappa shape index (κ2) is 7.71. The number of hydrazine groups is 1. The zero-order valence-electron chi connectivity index (χ0n) is 11.1. The second-order valence-electron chi connectivity index (χ2n) is 4.35. The van der Waals surface area contributed by atoms with Gasteiger partial charge in [-0.05, 0) is 23.3 Å². The summed E-state index contributed by atoms with van der Waals surface area (Å²) in [5.74, 6) is 5.59. The van der Waals surface area contributed by atoms with E-state index in [1.807, 2.05) is 42.5 Å². The Kier molecular flexibility index (Phi) is 5.94. The summed E-state index contributed by atoms with van der Waals surface area (Å²) in [6.07, 6.45) is 0.253. The van der Waals surface area contributed by atoms with Crippen molar-refractivity contribution in [2.45, 2.75) is 17.1 Å². The minimum absolute atomic E-state index is 0.219. The third kappa shape index (κ3) is 4.38. The predicted octanol–water partition coefficient (Wildman–Crippen LogP) is 3.82. The number of hydrogen-bond acceptors (Lipinski definition) is 3. The third-order valence-corrected chi connectivity index (χ3v) is 4.96. The molecule has 3 N–H and O–H groups in total. The number of carbonyl (C=O) groups excluding carboxylic acids is 1. The van der Waals surface area contributed by atoms with Gasteiger partial charge in [-0.15, -0.1) is 11.8 Å². The highest BCUT2D eigenvalue weighted by molar-refractivity contribution is 7.98. The number of nitrogens with one attached hydrogen (secondary N) is 1. The number of benzene rings is 2. The van der Waals surface area contributed by atoms with Gasteiger partial charge in [0.05, 0.1) is 16.5 Å². The van der Waals surface area contributed by atoms with Crippen LogP contribution in [0.2, 0.25) is 10.0 Å². The molecular formula is C15H14Cl2N2OS. The zero-order chi connectivity index (χ0) is 15.2. The van der Waals surface area contributed by atoms with Gasteiger partial charge < -0.3 is 0 Å². The fraction of sp³-hybridized carbons (Fsp3) is 0.133. The normalized spacial score (nSPS) is 10.4. The van der Waals surface area contributed by atoms with E-state index in [4.69, 9.17) is 29.0 Å². The maximum absolute atomic E-state index is 11.4. The van der Waals surface area contributed by atoms with E-state index in [-0.39, 0.29) is 12.3 Å². The molecule has 2 aromatic carbocycles. The zero-order valence-corrected chi connectivity index (χ0v) is 13.4. The first-order valence-corrected chi connectivity index (χ1v) is 7.99. The van der Waals surface area contributed by atoms with Gasteiger partial charge in [0.2, 0.25) is 5.91 Å². The lowest BCUT2D eigenvalue weighted by atomic mass is 10.1. The highest BCUT2D eigenvalue weighted by Gasteiger charge is 2.10. The molecule has 6 heteroatoms. The van der Waals surface area contributed by atoms with Crippen LogP contribution in [0.15, 0.2) is 47.4 Å². The molecule has 1 amide bonds. The Morgan fingerprint density at radius 2 is 1.67 bits per heavy atom. The number of halogens is 2. The lowest BCUT2D eigenvalue weighted by Crippen LogP contribution is -2.31. The largest absolute Gasteiger partial charge is 0.294 e. The molecule has 3 nitrogen and oxygen atoms in total. The Morgan fingerprint density at radius 1 is 1.05 bits per heavy atom. The first-order chi connectivity index (χ1) is 10.1. The molecule has 2 rings (SSSR count). The van der Waals surface area contributed by atoms with Crippen molar-refractivity contribution in [1.29, 1.82) is 0 Å². The van der Waals surface area contributed by atoms with E-state index in [2.05, 4.69) is 5.43 Å². The summed E-state index contributed by atoms with van der Waals surface area (Å²) in [5.41, 5.74) is 4.14. The molecule has 0 aliphatic heterocycles. The number of carbonyl (C=O) groups is 1. The lowest BCUT2D eigenvalue weighted by molar-refractivity contribution is -0.120. The van der Waals surface area contributed by atoms with Crippen LogP contribution in [0.4, 0.5) is 0 Å². The summed E-state index contributed by atoms with van der Waals surface area (Å²) in [7, 11) is 0. The number of rotatable bonds is 5. The van der Waals surface area contributed by atoms with Crippen molar-refractivity contribution in [1.82, 2.24) is 5.43 Å². The van der Waals surface area contributed by atoms with Crippen molar-refractivity contribution in [3.8, 4) is 0 Å². The van der Waals surface area contributed by atoms with Crippen LogP contribution in [0.5, 0.6) is 0 Å². The van der Waals surface area contributed by atoms with Crippen LogP contribution < -0.4 is 11.3 Å². The first kappa shape index (κ1) is 16.2. The minimum Gasteiger partial charge on any atom is -0.294 e. The number of nitrogens with two attached hydrogens (primary N) is 1. The molecule has 0 atom stereocenters. The van der Waals surface area contributed by atoms with Gasteiger partial charge in [-0.1, -0.05) is 53.5 Å². The third-order valence-electron chi connectivity index (χ3n) is 2.92. The molecule has 21 heavy (non-hydrogen) atoms. The Balaban J connectivity index is 2.15. The average molecular weight is 341 g/mol. The highest BCUT2D eigenvalue weighted by Crippen LogP contribution is 2.36. The van der Waals surface area contributed by atoms with Crippen LogP contribution in [0.3, 0.4) is 0 Å². The monoisotopic (exact) mass is 340 g/mol. The Bertz CT molecular complexity index is 629. The van der Waals surface area contributed by atoms with Crippen LogP contribution in [-0.4, -0.2) is 5.91 Å². The van der Waals surface area contributed by atoms with E-state index in [1.165, 1.54) is 0 Å². The molecule has 0 unspecified atom stereocenters. The van der Waals surface area contributed by atoms with E-state index in [9.17, 15) is 4.79 Å². The molecule has 0 aliphatic rings. The summed E-state index contributed by atoms with van der Waals surface area (Å²) < 4.78 is 0. The molecular weight excluding hydrogens is 327 g/mol. The lowest BCUT2D eigenvalue weighted by Gasteiger charge is -2.10. The van der Waals surface area contributed by atoms with Crippen molar-refractivity contribution in [3.05, 3.63) is 63.6 Å². The molecule has 0 aromatic heterocycles. The van der Waals surface area contributed by atoms with E-state index in [1.54, 1.807) is 11.8 Å². The van der Waals surface area contributed by atoms with Gasteiger partial charge >= 0.3 is 0 Å². The summed E-state index contributed by atoms with van der Waals surface area (Å²) in [6.45, 7) is 0. The van der Waals surface area contributed by atoms with E-state index >= 15 is 0 Å². The summed E-state index contributed by atoms with van der Waals surface area (Å²) >= 11 is 13.9. The SMILES string of the molecule is NNC(=O)Cc1ccccc1CSc1c(Cl)cccc1Cl. The number of hydrogen-bond donors (Lipinski definition) is 2. The Morgan fingerprint density at radius 3 is 2.29 bits per heavy atom. The topological polar surface area (TPSA) is 55.1 Å². The van der Waals surface area contributed by atoms with Gasteiger partial charge in [0.25, 0.3) is 0 Å². The summed E-state index contributed by atoms with van der Waals surface area (Å²) in [4.78, 5) is 12.3. The molecule has 0 saturated heterocycles. The second-order valence-corrected chi connectivity index (χ2v) is 6.15. The van der Waals surface area contributed by atoms with Gasteiger partial charge in [0.1, 0.15) is 0 Å². The van der Waals surface area contributed by atoms with Crippen LogP contribution in [0, 0.1) is 0 Å². The maximum atomic E-state index is 11.4. The molecule has 0 radical (unpaired) electrons. The summed E-state index contributed by atoms with van der Waals surface area (Å²) in [6, 6.07) is 13.2. The van der Waals surface area contributed by atoms with Crippen molar-refractivity contribution in [2.24, 2.45) is 5.84 Å². The van der Waals surface area contributed by atoms with Crippen LogP contribution >= 0.6 is 35.0 Å². The van der Waals surface area contributed by atoms with E-state index < -0.39 is 0 Å². The van der Waals surface area contributed by atoms with Crippen LogP contribution in [0.25, 0.3) is 0 Å². The smallest absolute Gasteiger partial charge is 0.238 e. The van der Waals surface area contributed by atoms with Gasteiger partial charge in [0, 0.05) is 10.6 Å². The Hall–Kier alpha value is -1.20. The Labute approximate surface area is 137 Å².